The van der Waals surface area contributed by atoms with Gasteiger partial charge in [0.15, 0.2) is 0 Å². The molecule has 0 spiro atoms. The molecule has 16 heavy (non-hydrogen) atoms. The van der Waals surface area contributed by atoms with Crippen LogP contribution in [0.25, 0.3) is 0 Å². The highest BCUT2D eigenvalue weighted by Crippen LogP contribution is 2.26. The van der Waals surface area contributed by atoms with E-state index in [0.29, 0.717) is 24.9 Å². The minimum absolute atomic E-state index is 0.517. The average Bonchev–Trinajstić information content (AvgIpc) is 2.25. The van der Waals surface area contributed by atoms with E-state index in [2.05, 4.69) is 31.9 Å². The van der Waals surface area contributed by atoms with Crippen LogP contribution in [0.3, 0.4) is 0 Å². The second-order valence-corrected chi connectivity index (χ2v) is 7.82. The minimum Gasteiger partial charge on any atom is -0.213 e. The van der Waals surface area contributed by atoms with Crippen molar-refractivity contribution in [3.8, 4) is 0 Å². The Hall–Kier alpha value is 0.870. The Morgan fingerprint density at radius 2 is 2.00 bits per heavy atom. The molecule has 1 fully saturated rings. The summed E-state index contributed by atoms with van der Waals surface area (Å²) in [6.45, 7) is 1.40. The summed E-state index contributed by atoms with van der Waals surface area (Å²) in [5.74, 6) is 1.12. The molecule has 0 amide bonds. The van der Waals surface area contributed by atoms with Gasteiger partial charge in [-0.15, -0.1) is 0 Å². The number of sulfonamides is 1. The van der Waals surface area contributed by atoms with Crippen molar-refractivity contribution in [2.45, 2.75) is 19.3 Å². The highest BCUT2D eigenvalue weighted by atomic mass is 79.9. The van der Waals surface area contributed by atoms with Gasteiger partial charge in [0.25, 0.3) is 0 Å². The van der Waals surface area contributed by atoms with Crippen molar-refractivity contribution < 1.29 is 8.42 Å². The van der Waals surface area contributed by atoms with Gasteiger partial charge in [-0.3, -0.25) is 0 Å². The third-order valence-electron chi connectivity index (χ3n) is 3.05. The van der Waals surface area contributed by atoms with Gasteiger partial charge in [-0.2, -0.15) is 0 Å². The van der Waals surface area contributed by atoms with E-state index in [-0.39, 0.29) is 0 Å². The van der Waals surface area contributed by atoms with Crippen molar-refractivity contribution in [1.29, 1.82) is 0 Å². The van der Waals surface area contributed by atoms with Crippen LogP contribution in [0.4, 0.5) is 0 Å². The Morgan fingerprint density at radius 1 is 1.38 bits per heavy atom. The molecule has 0 aromatic carbocycles. The first-order chi connectivity index (χ1) is 7.47. The predicted octanol–water partition coefficient (Wildman–Crippen LogP) is 2.45. The summed E-state index contributed by atoms with van der Waals surface area (Å²) in [6, 6.07) is 0. The molecule has 0 radical (unpaired) electrons. The van der Waals surface area contributed by atoms with Crippen LogP contribution in [0, 0.1) is 11.8 Å². The van der Waals surface area contributed by atoms with Crippen LogP contribution in [-0.4, -0.2) is 42.7 Å². The molecule has 0 aromatic rings. The van der Waals surface area contributed by atoms with Crippen LogP contribution in [0.5, 0.6) is 0 Å². The average molecular weight is 377 g/mol. The first-order valence-electron chi connectivity index (χ1n) is 5.54. The molecule has 1 unspecified atom stereocenters. The van der Waals surface area contributed by atoms with Crippen LogP contribution >= 0.6 is 31.9 Å². The number of alkyl halides is 2. The van der Waals surface area contributed by atoms with E-state index < -0.39 is 10.0 Å². The number of hydrogen-bond acceptors (Lipinski definition) is 2. The molecule has 1 aliphatic heterocycles. The molecule has 6 heteroatoms. The lowest BCUT2D eigenvalue weighted by Crippen LogP contribution is -2.39. The van der Waals surface area contributed by atoms with Crippen LogP contribution in [0.15, 0.2) is 0 Å². The van der Waals surface area contributed by atoms with Crippen LogP contribution in [0.1, 0.15) is 19.3 Å². The third kappa shape index (κ3) is 4.63. The first-order valence-corrected chi connectivity index (χ1v) is 9.63. The van der Waals surface area contributed by atoms with Crippen molar-refractivity contribution >= 4 is 41.9 Å². The predicted molar refractivity (Wildman–Crippen MR) is 74.8 cm³/mol. The lowest BCUT2D eigenvalue weighted by molar-refractivity contribution is 0.242. The van der Waals surface area contributed by atoms with Gasteiger partial charge in [0, 0.05) is 23.7 Å². The van der Waals surface area contributed by atoms with Gasteiger partial charge in [-0.1, -0.05) is 31.9 Å². The number of nitrogens with zero attached hydrogens (tertiary/aromatic N) is 1. The maximum absolute atomic E-state index is 11.5. The summed E-state index contributed by atoms with van der Waals surface area (Å²) >= 11 is 6.99. The van der Waals surface area contributed by atoms with E-state index in [1.54, 1.807) is 4.31 Å². The molecule has 1 heterocycles. The monoisotopic (exact) mass is 375 g/mol. The normalized spacial score (nSPS) is 23.9. The van der Waals surface area contributed by atoms with E-state index in [1.165, 1.54) is 6.26 Å². The van der Waals surface area contributed by atoms with Crippen molar-refractivity contribution in [2.75, 3.05) is 30.0 Å². The minimum atomic E-state index is -3.00. The second kappa shape index (κ2) is 6.71. The van der Waals surface area contributed by atoms with Gasteiger partial charge in [-0.05, 0) is 31.1 Å². The standard InChI is InChI=1S/C10H19Br2NO2S/c1-16(14,15)13-4-2-3-9(8-13)5-10(6-11)7-12/h9-10H,2-8H2,1H3. The fourth-order valence-electron chi connectivity index (χ4n) is 2.16. The van der Waals surface area contributed by atoms with E-state index in [4.69, 9.17) is 0 Å². The van der Waals surface area contributed by atoms with Gasteiger partial charge in [-0.25, -0.2) is 12.7 Å². The molecule has 3 nitrogen and oxygen atoms in total. The molecule has 96 valence electrons. The highest BCUT2D eigenvalue weighted by Gasteiger charge is 2.27. The molecule has 1 rings (SSSR count). The Bertz CT molecular complexity index is 304. The van der Waals surface area contributed by atoms with Gasteiger partial charge in [0.1, 0.15) is 0 Å². The van der Waals surface area contributed by atoms with E-state index in [1.807, 2.05) is 0 Å². The summed E-state index contributed by atoms with van der Waals surface area (Å²) in [5, 5.41) is 1.96. The zero-order valence-electron chi connectivity index (χ0n) is 9.53. The van der Waals surface area contributed by atoms with E-state index in [9.17, 15) is 8.42 Å². The molecule has 0 N–H and O–H groups in total. The molecule has 0 aliphatic carbocycles. The lowest BCUT2D eigenvalue weighted by Gasteiger charge is -2.32. The summed E-state index contributed by atoms with van der Waals surface area (Å²) in [5.41, 5.74) is 0. The fraction of sp³-hybridized carbons (Fsp3) is 1.00. The zero-order valence-corrected chi connectivity index (χ0v) is 13.5. The molecule has 0 bridgehead atoms. The molecular weight excluding hydrogens is 358 g/mol. The Morgan fingerprint density at radius 3 is 2.50 bits per heavy atom. The number of halogens is 2. The third-order valence-corrected chi connectivity index (χ3v) is 6.15. The summed E-state index contributed by atoms with van der Waals surface area (Å²) < 4.78 is 24.6. The summed E-state index contributed by atoms with van der Waals surface area (Å²) in [6.07, 6.45) is 4.56. The first kappa shape index (κ1) is 14.9. The van der Waals surface area contributed by atoms with E-state index >= 15 is 0 Å². The molecule has 1 aliphatic rings. The Balaban J connectivity index is 2.51. The van der Waals surface area contributed by atoms with E-state index in [0.717, 1.165) is 29.9 Å². The largest absolute Gasteiger partial charge is 0.213 e. The van der Waals surface area contributed by atoms with Gasteiger partial charge >= 0.3 is 0 Å². The number of rotatable bonds is 5. The van der Waals surface area contributed by atoms with Gasteiger partial charge in [0.05, 0.1) is 6.26 Å². The zero-order chi connectivity index (χ0) is 12.2. The van der Waals surface area contributed by atoms with Crippen molar-refractivity contribution in [3.05, 3.63) is 0 Å². The summed E-state index contributed by atoms with van der Waals surface area (Å²) in [7, 11) is -3.00. The molecule has 0 saturated carbocycles. The summed E-state index contributed by atoms with van der Waals surface area (Å²) in [4.78, 5) is 0. The molecule has 0 aromatic heterocycles. The Kier molecular flexibility index (Phi) is 6.26. The molecule has 1 saturated heterocycles. The van der Waals surface area contributed by atoms with Crippen LogP contribution < -0.4 is 0 Å². The van der Waals surface area contributed by atoms with Crippen molar-refractivity contribution in [3.63, 3.8) is 0 Å². The number of hydrogen-bond donors (Lipinski definition) is 0. The Labute approximate surface area is 115 Å². The van der Waals surface area contributed by atoms with Crippen LogP contribution in [0.2, 0.25) is 0 Å². The van der Waals surface area contributed by atoms with Crippen LogP contribution in [-0.2, 0) is 10.0 Å². The lowest BCUT2D eigenvalue weighted by atomic mass is 9.91. The quantitative estimate of drug-likeness (QED) is 0.691. The maximum Gasteiger partial charge on any atom is 0.211 e. The van der Waals surface area contributed by atoms with Gasteiger partial charge in [0.2, 0.25) is 10.0 Å². The smallest absolute Gasteiger partial charge is 0.211 e. The van der Waals surface area contributed by atoms with Crippen molar-refractivity contribution in [1.82, 2.24) is 4.31 Å². The maximum atomic E-state index is 11.5. The molecular formula is C10H19Br2NO2S. The van der Waals surface area contributed by atoms with Crippen molar-refractivity contribution in [2.24, 2.45) is 11.8 Å². The molecule has 1 atom stereocenters. The van der Waals surface area contributed by atoms with Gasteiger partial charge < -0.3 is 0 Å². The SMILES string of the molecule is CS(=O)(=O)N1CCCC(CC(CBr)CBr)C1. The highest BCUT2D eigenvalue weighted by molar-refractivity contribution is 9.09. The fourth-order valence-corrected chi connectivity index (χ4v) is 4.70. The number of piperidine rings is 1. The topological polar surface area (TPSA) is 37.4 Å². The second-order valence-electron chi connectivity index (χ2n) is 4.54.